The third kappa shape index (κ3) is 2.86. The molecule has 1 heterocycles. The van der Waals surface area contributed by atoms with Crippen LogP contribution in [0.3, 0.4) is 0 Å². The van der Waals surface area contributed by atoms with Gasteiger partial charge in [-0.2, -0.15) is 0 Å². The quantitative estimate of drug-likeness (QED) is 0.743. The van der Waals surface area contributed by atoms with Gasteiger partial charge in [0.05, 0.1) is 6.33 Å². The summed E-state index contributed by atoms with van der Waals surface area (Å²) in [6, 6.07) is 6.34. The number of nitrogens with two attached hydrogens (primary N) is 1. The number of nitrogens with one attached hydrogen (secondary N) is 1. The number of rotatable bonds is 4. The molecule has 1 aromatic heterocycles. The molecule has 0 spiro atoms. The van der Waals surface area contributed by atoms with Crippen LogP contribution >= 0.6 is 0 Å². The van der Waals surface area contributed by atoms with Gasteiger partial charge in [0.15, 0.2) is 0 Å². The molecule has 0 radical (unpaired) electrons. The first-order chi connectivity index (χ1) is 8.69. The van der Waals surface area contributed by atoms with Crippen LogP contribution in [0.1, 0.15) is 10.5 Å². The number of anilines is 1. The molecule has 0 unspecified atom stereocenters. The van der Waals surface area contributed by atoms with Gasteiger partial charge >= 0.3 is 0 Å². The number of carbonyl (C=O) groups is 1. The van der Waals surface area contributed by atoms with E-state index in [-0.39, 0.29) is 11.7 Å². The fraction of sp³-hybridized carbons (Fsp3) is 0.167. The first-order valence-corrected chi connectivity index (χ1v) is 5.51. The van der Waals surface area contributed by atoms with E-state index in [1.165, 1.54) is 12.1 Å². The highest BCUT2D eigenvalue weighted by atomic mass is 16.3. The topological polar surface area (TPSA) is 93.2 Å². The number of imidazole rings is 1. The van der Waals surface area contributed by atoms with Crippen molar-refractivity contribution in [2.75, 3.05) is 11.9 Å². The van der Waals surface area contributed by atoms with Gasteiger partial charge in [-0.25, -0.2) is 4.98 Å². The second-order valence-corrected chi connectivity index (χ2v) is 3.79. The minimum absolute atomic E-state index is 0.0986. The van der Waals surface area contributed by atoms with E-state index in [4.69, 9.17) is 5.73 Å². The Bertz CT molecular complexity index is 551. The number of aromatic hydroxyl groups is 1. The van der Waals surface area contributed by atoms with Crippen molar-refractivity contribution in [3.63, 3.8) is 0 Å². The van der Waals surface area contributed by atoms with Crippen LogP contribution in [-0.2, 0) is 6.54 Å². The van der Waals surface area contributed by atoms with Gasteiger partial charge < -0.3 is 20.7 Å². The van der Waals surface area contributed by atoms with Gasteiger partial charge in [0.2, 0.25) is 0 Å². The number of amides is 1. The number of benzene rings is 1. The number of phenols is 1. The average Bonchev–Trinajstić information content (AvgIpc) is 2.78. The first-order valence-electron chi connectivity index (χ1n) is 5.51. The number of aromatic nitrogens is 2. The van der Waals surface area contributed by atoms with Gasteiger partial charge in [0, 0.05) is 31.0 Å². The van der Waals surface area contributed by atoms with Crippen LogP contribution in [0.4, 0.5) is 5.69 Å². The molecule has 4 N–H and O–H groups in total. The summed E-state index contributed by atoms with van der Waals surface area (Å²) in [6.07, 6.45) is 3.19. The molecule has 6 nitrogen and oxygen atoms in total. The fourth-order valence-corrected chi connectivity index (χ4v) is 1.53. The lowest BCUT2D eigenvalue weighted by Gasteiger charge is -2.03. The van der Waals surface area contributed by atoms with Crippen molar-refractivity contribution in [2.24, 2.45) is 5.73 Å². The maximum absolute atomic E-state index is 11.8. The Kier molecular flexibility index (Phi) is 3.59. The number of phenolic OH excluding ortho intramolecular Hbond substituents is 1. The largest absolute Gasteiger partial charge is 0.508 e. The Morgan fingerprint density at radius 1 is 1.50 bits per heavy atom. The van der Waals surface area contributed by atoms with Crippen LogP contribution in [0.25, 0.3) is 0 Å². The zero-order chi connectivity index (χ0) is 13.0. The summed E-state index contributed by atoms with van der Waals surface area (Å²) in [6.45, 7) is 1.11. The minimum Gasteiger partial charge on any atom is -0.508 e. The number of hydrogen-bond acceptors (Lipinski definition) is 4. The van der Waals surface area contributed by atoms with Gasteiger partial charge in [-0.3, -0.25) is 4.79 Å². The zero-order valence-corrected chi connectivity index (χ0v) is 9.71. The molecule has 0 aliphatic rings. The van der Waals surface area contributed by atoms with E-state index >= 15 is 0 Å². The Morgan fingerprint density at radius 3 is 3.06 bits per heavy atom. The second kappa shape index (κ2) is 5.33. The van der Waals surface area contributed by atoms with Crippen molar-refractivity contribution in [3.05, 3.63) is 42.5 Å². The van der Waals surface area contributed by atoms with Crippen LogP contribution in [0.15, 0.2) is 36.8 Å². The molecule has 94 valence electrons. The van der Waals surface area contributed by atoms with E-state index in [9.17, 15) is 9.90 Å². The van der Waals surface area contributed by atoms with Crippen LogP contribution in [0.2, 0.25) is 0 Å². The predicted molar refractivity (Wildman–Crippen MR) is 67.3 cm³/mol. The highest BCUT2D eigenvalue weighted by Crippen LogP contribution is 2.15. The zero-order valence-electron chi connectivity index (χ0n) is 9.71. The summed E-state index contributed by atoms with van der Waals surface area (Å²) < 4.78 is 1.75. The van der Waals surface area contributed by atoms with E-state index in [0.717, 1.165) is 0 Å². The predicted octanol–water partition coefficient (Wildman–Crippen LogP) is 0.800. The Labute approximate surface area is 104 Å². The van der Waals surface area contributed by atoms with Gasteiger partial charge in [-0.15, -0.1) is 0 Å². The second-order valence-electron chi connectivity index (χ2n) is 3.79. The lowest BCUT2D eigenvalue weighted by molar-refractivity contribution is 0.102. The lowest BCUT2D eigenvalue weighted by Crippen LogP contribution is -2.12. The average molecular weight is 246 g/mol. The fourth-order valence-electron chi connectivity index (χ4n) is 1.53. The Hall–Kier alpha value is -2.34. The molecule has 0 atom stereocenters. The van der Waals surface area contributed by atoms with Crippen molar-refractivity contribution in [1.29, 1.82) is 0 Å². The SMILES string of the molecule is NCCn1cnc(C(=O)Nc2cccc(O)c2)c1. The molecule has 0 saturated carbocycles. The van der Waals surface area contributed by atoms with Crippen LogP contribution < -0.4 is 11.1 Å². The Balaban J connectivity index is 2.07. The molecule has 0 aliphatic heterocycles. The number of carbonyl (C=O) groups excluding carboxylic acids is 1. The van der Waals surface area contributed by atoms with Crippen molar-refractivity contribution >= 4 is 11.6 Å². The van der Waals surface area contributed by atoms with Crippen LogP contribution in [-0.4, -0.2) is 27.1 Å². The monoisotopic (exact) mass is 246 g/mol. The summed E-state index contributed by atoms with van der Waals surface area (Å²) >= 11 is 0. The molecule has 6 heteroatoms. The maximum Gasteiger partial charge on any atom is 0.275 e. The number of nitrogens with zero attached hydrogens (tertiary/aromatic N) is 2. The summed E-state index contributed by atoms with van der Waals surface area (Å²) in [5.41, 5.74) is 6.24. The Morgan fingerprint density at radius 2 is 2.33 bits per heavy atom. The van der Waals surface area contributed by atoms with Gasteiger partial charge in [-0.05, 0) is 12.1 Å². The molecule has 1 aromatic carbocycles. The smallest absolute Gasteiger partial charge is 0.275 e. The van der Waals surface area contributed by atoms with Crippen LogP contribution in [0, 0.1) is 0 Å². The van der Waals surface area contributed by atoms with Crippen molar-refractivity contribution in [1.82, 2.24) is 9.55 Å². The van der Waals surface area contributed by atoms with Gasteiger partial charge in [0.25, 0.3) is 5.91 Å². The number of hydrogen-bond donors (Lipinski definition) is 3. The molecule has 0 bridgehead atoms. The summed E-state index contributed by atoms with van der Waals surface area (Å²) in [5, 5.41) is 11.9. The standard InChI is InChI=1S/C12H14N4O2/c13-4-5-16-7-11(14-8-16)12(18)15-9-2-1-3-10(17)6-9/h1-3,6-8,17H,4-5,13H2,(H,15,18). The lowest BCUT2D eigenvalue weighted by atomic mass is 10.3. The van der Waals surface area contributed by atoms with Crippen LogP contribution in [0.5, 0.6) is 5.75 Å². The first kappa shape index (κ1) is 12.1. The molecule has 0 fully saturated rings. The third-order valence-electron chi connectivity index (χ3n) is 2.36. The van der Waals surface area contributed by atoms with E-state index in [0.29, 0.717) is 24.5 Å². The summed E-state index contributed by atoms with van der Waals surface area (Å²) in [4.78, 5) is 15.8. The summed E-state index contributed by atoms with van der Waals surface area (Å²) in [5.74, 6) is -0.224. The highest BCUT2D eigenvalue weighted by molar-refractivity contribution is 6.02. The summed E-state index contributed by atoms with van der Waals surface area (Å²) in [7, 11) is 0. The molecular weight excluding hydrogens is 232 g/mol. The van der Waals surface area contributed by atoms with E-state index < -0.39 is 0 Å². The molecule has 18 heavy (non-hydrogen) atoms. The van der Waals surface area contributed by atoms with E-state index in [2.05, 4.69) is 10.3 Å². The van der Waals surface area contributed by atoms with Gasteiger partial charge in [-0.1, -0.05) is 6.07 Å². The molecule has 0 aliphatic carbocycles. The van der Waals surface area contributed by atoms with E-state index in [1.807, 2.05) is 0 Å². The molecule has 1 amide bonds. The maximum atomic E-state index is 11.8. The highest BCUT2D eigenvalue weighted by Gasteiger charge is 2.09. The van der Waals surface area contributed by atoms with Crippen molar-refractivity contribution in [3.8, 4) is 5.75 Å². The van der Waals surface area contributed by atoms with Crippen molar-refractivity contribution in [2.45, 2.75) is 6.54 Å². The molecule has 0 saturated heterocycles. The minimum atomic E-state index is -0.323. The van der Waals surface area contributed by atoms with E-state index in [1.54, 1.807) is 29.2 Å². The molecule has 2 aromatic rings. The van der Waals surface area contributed by atoms with Gasteiger partial charge in [0.1, 0.15) is 11.4 Å². The molecule has 2 rings (SSSR count). The normalized spacial score (nSPS) is 10.3. The third-order valence-corrected chi connectivity index (χ3v) is 2.36. The molecular formula is C12H14N4O2. The van der Waals surface area contributed by atoms with Crippen molar-refractivity contribution < 1.29 is 9.90 Å².